The lowest BCUT2D eigenvalue weighted by atomic mass is 9.96. The molecule has 6 rings (SSSR count). The second-order valence-corrected chi connectivity index (χ2v) is 11.4. The summed E-state index contributed by atoms with van der Waals surface area (Å²) in [5.41, 5.74) is 1.66. The van der Waals surface area contributed by atoms with Crippen LogP contribution in [0.5, 0.6) is 5.75 Å². The van der Waals surface area contributed by atoms with Crippen LogP contribution >= 0.6 is 0 Å². The van der Waals surface area contributed by atoms with Crippen molar-refractivity contribution in [1.82, 2.24) is 30.1 Å². The van der Waals surface area contributed by atoms with Gasteiger partial charge < -0.3 is 24.4 Å². The molecule has 0 aliphatic carbocycles. The highest BCUT2D eigenvalue weighted by atomic mass is 19.2. The first-order valence-electron chi connectivity index (χ1n) is 14.9. The Balaban J connectivity index is 1.26. The summed E-state index contributed by atoms with van der Waals surface area (Å²) in [5.74, 6) is -2.01. The number of halogens is 2. The maximum absolute atomic E-state index is 13.9. The molecule has 3 aliphatic heterocycles. The summed E-state index contributed by atoms with van der Waals surface area (Å²) in [6.07, 6.45) is 3.51. The van der Waals surface area contributed by atoms with Crippen molar-refractivity contribution < 1.29 is 32.6 Å². The zero-order chi connectivity index (χ0) is 30.6. The second-order valence-electron chi connectivity index (χ2n) is 11.4. The maximum Gasteiger partial charge on any atom is 0.258 e. The van der Waals surface area contributed by atoms with Crippen LogP contribution in [0, 0.1) is 11.6 Å². The molecule has 0 spiro atoms. The number of rotatable bonds is 5. The van der Waals surface area contributed by atoms with E-state index in [1.807, 2.05) is 17.2 Å². The Bertz CT molecular complexity index is 1490. The first kappa shape index (κ1) is 30.1. The van der Waals surface area contributed by atoms with Gasteiger partial charge in [-0.3, -0.25) is 14.5 Å². The first-order valence-corrected chi connectivity index (χ1v) is 14.9. The SMILES string of the molecule is COCc1cn([C@@H]2CC[C@H]3CCOc4ccccc4C(=O)N4CCN(Cc5ccc(F)c(F)c5)C[C@H]4C(=O)NC[C@H]2O3)nn1. The van der Waals surface area contributed by atoms with Gasteiger partial charge in [0.1, 0.15) is 17.5 Å². The van der Waals surface area contributed by atoms with Crippen molar-refractivity contribution in [2.75, 3.05) is 39.9 Å². The number of ether oxygens (including phenoxy) is 3. The van der Waals surface area contributed by atoms with Crippen LogP contribution in [0.15, 0.2) is 48.7 Å². The van der Waals surface area contributed by atoms with Crippen LogP contribution in [0.1, 0.15) is 46.9 Å². The number of hydrogen-bond acceptors (Lipinski definition) is 8. The number of carbonyl (C=O) groups is 2. The molecule has 2 amide bonds. The Kier molecular flexibility index (Phi) is 9.14. The standard InChI is InChI=1S/C31H36F2N6O5/c1-42-19-21-17-39(36-35-21)26-9-7-22-10-13-43-28-5-3-2-4-23(28)31(41)38-12-11-37(16-20-6-8-24(32)25(33)14-20)18-27(38)30(40)34-15-29(26)44-22/h2-6,8,14,17,22,26-27,29H,7,9-13,15-16,18-19H2,1H3,(H,34,40)/t22-,26+,27-,29+/m0/s1. The molecule has 4 atom stereocenters. The Hall–Kier alpha value is -3.94. The fraction of sp³-hybridized carbons (Fsp3) is 0.484. The summed E-state index contributed by atoms with van der Waals surface area (Å²) < 4.78 is 47.0. The third-order valence-electron chi connectivity index (χ3n) is 8.48. The van der Waals surface area contributed by atoms with Crippen molar-refractivity contribution in [1.29, 1.82) is 0 Å². The number of para-hydroxylation sites is 1. The van der Waals surface area contributed by atoms with Crippen molar-refractivity contribution in [2.24, 2.45) is 0 Å². The predicted molar refractivity (Wildman–Crippen MR) is 154 cm³/mol. The van der Waals surface area contributed by atoms with Crippen LogP contribution in [-0.4, -0.2) is 94.8 Å². The van der Waals surface area contributed by atoms with Crippen LogP contribution in [0.4, 0.5) is 8.78 Å². The lowest BCUT2D eigenvalue weighted by Crippen LogP contribution is -2.61. The van der Waals surface area contributed by atoms with Crippen molar-refractivity contribution in [3.8, 4) is 5.75 Å². The largest absolute Gasteiger partial charge is 0.493 e. The monoisotopic (exact) mass is 610 g/mol. The molecule has 0 radical (unpaired) electrons. The molecular weight excluding hydrogens is 574 g/mol. The smallest absolute Gasteiger partial charge is 0.258 e. The Morgan fingerprint density at radius 1 is 1.07 bits per heavy atom. The molecule has 4 heterocycles. The summed E-state index contributed by atoms with van der Waals surface area (Å²) in [6, 6.07) is 9.83. The molecular formula is C31H36F2N6O5. The van der Waals surface area contributed by atoms with Crippen LogP contribution in [0.25, 0.3) is 0 Å². The molecule has 1 N–H and O–H groups in total. The third kappa shape index (κ3) is 6.59. The van der Waals surface area contributed by atoms with E-state index in [1.165, 1.54) is 6.07 Å². The Morgan fingerprint density at radius 2 is 1.93 bits per heavy atom. The fourth-order valence-electron chi connectivity index (χ4n) is 6.23. The van der Waals surface area contributed by atoms with Crippen LogP contribution < -0.4 is 10.1 Å². The molecule has 1 aromatic heterocycles. The second kappa shape index (κ2) is 13.4. The summed E-state index contributed by atoms with van der Waals surface area (Å²) in [7, 11) is 1.60. The third-order valence-corrected chi connectivity index (χ3v) is 8.48. The zero-order valence-electron chi connectivity index (χ0n) is 24.5. The highest BCUT2D eigenvalue weighted by Crippen LogP contribution is 2.31. The van der Waals surface area contributed by atoms with Gasteiger partial charge in [-0.15, -0.1) is 5.10 Å². The van der Waals surface area contributed by atoms with Crippen LogP contribution in [0.3, 0.4) is 0 Å². The van der Waals surface area contributed by atoms with E-state index < -0.39 is 23.8 Å². The molecule has 11 nitrogen and oxygen atoms in total. The number of benzene rings is 2. The number of amides is 2. The minimum Gasteiger partial charge on any atom is -0.493 e. The lowest BCUT2D eigenvalue weighted by Gasteiger charge is -2.41. The molecule has 234 valence electrons. The van der Waals surface area contributed by atoms with E-state index in [4.69, 9.17) is 14.2 Å². The van der Waals surface area contributed by atoms with E-state index in [0.717, 1.165) is 25.0 Å². The molecule has 2 aromatic carbocycles. The number of fused-ring (bicyclic) bond motifs is 4. The first-order chi connectivity index (χ1) is 21.4. The van der Waals surface area contributed by atoms with Crippen molar-refractivity contribution in [3.05, 3.63) is 77.1 Å². The minimum atomic E-state index is -0.925. The molecule has 13 heteroatoms. The molecule has 2 saturated heterocycles. The number of hydrogen-bond donors (Lipinski definition) is 1. The van der Waals surface area contributed by atoms with Gasteiger partial charge in [-0.1, -0.05) is 23.4 Å². The van der Waals surface area contributed by atoms with Gasteiger partial charge in [0.15, 0.2) is 11.6 Å². The number of aromatic nitrogens is 3. The number of piperazine rings is 1. The van der Waals surface area contributed by atoms with Gasteiger partial charge in [-0.25, -0.2) is 13.5 Å². The van der Waals surface area contributed by atoms with Crippen molar-refractivity contribution in [2.45, 2.75) is 56.7 Å². The molecule has 0 saturated carbocycles. The van der Waals surface area contributed by atoms with Gasteiger partial charge in [0.05, 0.1) is 43.2 Å². The predicted octanol–water partition coefficient (Wildman–Crippen LogP) is 2.72. The highest BCUT2D eigenvalue weighted by molar-refractivity contribution is 6.00. The summed E-state index contributed by atoms with van der Waals surface area (Å²) in [4.78, 5) is 31.3. The average Bonchev–Trinajstić information content (AvgIpc) is 3.50. The van der Waals surface area contributed by atoms with Crippen LogP contribution in [0.2, 0.25) is 0 Å². The van der Waals surface area contributed by atoms with Gasteiger partial charge in [-0.2, -0.15) is 0 Å². The lowest BCUT2D eigenvalue weighted by molar-refractivity contribution is -0.130. The molecule has 44 heavy (non-hydrogen) atoms. The average molecular weight is 611 g/mol. The summed E-state index contributed by atoms with van der Waals surface area (Å²) >= 11 is 0. The van der Waals surface area contributed by atoms with E-state index in [1.54, 1.807) is 34.9 Å². The van der Waals surface area contributed by atoms with E-state index in [9.17, 15) is 18.4 Å². The number of carbonyl (C=O) groups excluding carboxylic acids is 2. The van der Waals surface area contributed by atoms with Gasteiger partial charge in [0.25, 0.3) is 5.91 Å². The molecule has 3 aliphatic rings. The number of nitrogens with zero attached hydrogens (tertiary/aromatic N) is 5. The summed E-state index contributed by atoms with van der Waals surface area (Å²) in [5, 5.41) is 11.6. The molecule has 2 bridgehead atoms. The van der Waals surface area contributed by atoms with Crippen LogP contribution in [-0.2, 0) is 27.4 Å². The molecule has 2 fully saturated rings. The van der Waals surface area contributed by atoms with Gasteiger partial charge in [0.2, 0.25) is 5.91 Å². The maximum atomic E-state index is 13.9. The van der Waals surface area contributed by atoms with E-state index in [-0.39, 0.29) is 43.6 Å². The number of methoxy groups -OCH3 is 1. The Labute approximate surface area is 254 Å². The van der Waals surface area contributed by atoms with Crippen molar-refractivity contribution in [3.63, 3.8) is 0 Å². The minimum absolute atomic E-state index is 0.0984. The molecule has 3 aromatic rings. The Morgan fingerprint density at radius 3 is 2.77 bits per heavy atom. The normalized spacial score (nSPS) is 24.9. The van der Waals surface area contributed by atoms with Gasteiger partial charge in [-0.05, 0) is 42.7 Å². The van der Waals surface area contributed by atoms with Gasteiger partial charge in [0, 0.05) is 46.3 Å². The van der Waals surface area contributed by atoms with E-state index >= 15 is 0 Å². The quantitative estimate of drug-likeness (QED) is 0.470. The van der Waals surface area contributed by atoms with E-state index in [0.29, 0.717) is 55.3 Å². The topological polar surface area (TPSA) is 111 Å². The van der Waals surface area contributed by atoms with Gasteiger partial charge >= 0.3 is 0 Å². The highest BCUT2D eigenvalue weighted by Gasteiger charge is 2.39. The van der Waals surface area contributed by atoms with Crippen molar-refractivity contribution >= 4 is 11.8 Å². The van der Waals surface area contributed by atoms with E-state index in [2.05, 4.69) is 15.6 Å². The number of nitrogens with one attached hydrogen (secondary N) is 1. The zero-order valence-corrected chi connectivity index (χ0v) is 24.5. The summed E-state index contributed by atoms with van der Waals surface area (Å²) in [6.45, 7) is 2.13. The fourth-order valence-corrected chi connectivity index (χ4v) is 6.23. The molecule has 0 unspecified atom stereocenters.